The van der Waals surface area contributed by atoms with E-state index in [0.29, 0.717) is 11.5 Å². The zero-order chi connectivity index (χ0) is 11.5. The number of ether oxygens (including phenoxy) is 1. The van der Waals surface area contributed by atoms with E-state index < -0.39 is 0 Å². The molecule has 1 aliphatic rings. The molecule has 1 fully saturated rings. The predicted molar refractivity (Wildman–Crippen MR) is 65.1 cm³/mol. The predicted octanol–water partition coefficient (Wildman–Crippen LogP) is 2.97. The second kappa shape index (κ2) is 4.84. The van der Waals surface area contributed by atoms with E-state index in [2.05, 4.69) is 39.9 Å². The summed E-state index contributed by atoms with van der Waals surface area (Å²) >= 11 is 0. The van der Waals surface area contributed by atoms with Crippen molar-refractivity contribution in [1.29, 1.82) is 0 Å². The van der Waals surface area contributed by atoms with Gasteiger partial charge in [-0.25, -0.2) is 0 Å². The van der Waals surface area contributed by atoms with E-state index in [1.54, 1.807) is 0 Å². The minimum Gasteiger partial charge on any atom is -0.375 e. The van der Waals surface area contributed by atoms with Crippen molar-refractivity contribution in [1.82, 2.24) is 5.32 Å². The highest BCUT2D eigenvalue weighted by molar-refractivity contribution is 4.91. The van der Waals surface area contributed by atoms with Crippen LogP contribution in [0.4, 0.5) is 0 Å². The molecule has 1 unspecified atom stereocenters. The summed E-state index contributed by atoms with van der Waals surface area (Å²) in [5.74, 6) is 0. The highest BCUT2D eigenvalue weighted by Crippen LogP contribution is 2.37. The fourth-order valence-corrected chi connectivity index (χ4v) is 2.52. The highest BCUT2D eigenvalue weighted by Gasteiger charge is 2.35. The molecule has 1 rings (SSSR count). The molecule has 0 spiro atoms. The zero-order valence-electron chi connectivity index (χ0n) is 11.0. The van der Waals surface area contributed by atoms with Crippen LogP contribution in [-0.4, -0.2) is 24.8 Å². The molecule has 1 saturated carbocycles. The molecule has 0 aromatic heterocycles. The first-order chi connectivity index (χ1) is 6.87. The lowest BCUT2D eigenvalue weighted by atomic mass is 9.87. The molecule has 0 aromatic carbocycles. The van der Waals surface area contributed by atoms with E-state index in [4.69, 9.17) is 4.74 Å². The fraction of sp³-hybridized carbons (Fsp3) is 1.00. The molecule has 2 nitrogen and oxygen atoms in total. The average molecular weight is 213 g/mol. The maximum Gasteiger partial charge on any atom is 0.0750 e. The van der Waals surface area contributed by atoms with Gasteiger partial charge in [-0.2, -0.15) is 0 Å². The Labute approximate surface area is 94.8 Å². The van der Waals surface area contributed by atoms with Crippen LogP contribution in [0.3, 0.4) is 0 Å². The topological polar surface area (TPSA) is 21.3 Å². The summed E-state index contributed by atoms with van der Waals surface area (Å²) in [7, 11) is 0. The average Bonchev–Trinajstić information content (AvgIpc) is 2.41. The third-order valence-corrected chi connectivity index (χ3v) is 3.57. The molecule has 0 saturated heterocycles. The van der Waals surface area contributed by atoms with Gasteiger partial charge in [0.15, 0.2) is 0 Å². The van der Waals surface area contributed by atoms with Crippen LogP contribution < -0.4 is 5.32 Å². The summed E-state index contributed by atoms with van der Waals surface area (Å²) in [4.78, 5) is 0. The molecule has 1 atom stereocenters. The van der Waals surface area contributed by atoms with Gasteiger partial charge in [0.1, 0.15) is 0 Å². The zero-order valence-corrected chi connectivity index (χ0v) is 11.0. The normalized spacial score (nSPS) is 25.8. The van der Waals surface area contributed by atoms with Gasteiger partial charge in [-0.05, 0) is 39.0 Å². The van der Waals surface area contributed by atoms with Crippen LogP contribution in [0.5, 0.6) is 0 Å². The summed E-state index contributed by atoms with van der Waals surface area (Å²) < 4.78 is 5.69. The van der Waals surface area contributed by atoms with Gasteiger partial charge in [0.25, 0.3) is 0 Å². The highest BCUT2D eigenvalue weighted by atomic mass is 16.5. The minimum atomic E-state index is -0.0343. The van der Waals surface area contributed by atoms with Crippen molar-refractivity contribution in [3.8, 4) is 0 Å². The van der Waals surface area contributed by atoms with Gasteiger partial charge in [0.2, 0.25) is 0 Å². The van der Waals surface area contributed by atoms with Crippen LogP contribution >= 0.6 is 0 Å². The SMILES string of the molecule is CCOC(C)(C)CNC1CCCC1(C)C. The van der Waals surface area contributed by atoms with Crippen LogP contribution in [0.2, 0.25) is 0 Å². The van der Waals surface area contributed by atoms with Crippen LogP contribution in [0.15, 0.2) is 0 Å². The molecule has 0 heterocycles. The third kappa shape index (κ3) is 3.76. The molecule has 0 aromatic rings. The molecule has 0 bridgehead atoms. The van der Waals surface area contributed by atoms with Crippen molar-refractivity contribution < 1.29 is 4.74 Å². The molecule has 2 heteroatoms. The number of nitrogens with one attached hydrogen (secondary N) is 1. The molecule has 90 valence electrons. The van der Waals surface area contributed by atoms with Gasteiger partial charge >= 0.3 is 0 Å². The van der Waals surface area contributed by atoms with Crippen LogP contribution in [0, 0.1) is 5.41 Å². The summed E-state index contributed by atoms with van der Waals surface area (Å²) in [6.07, 6.45) is 4.02. The minimum absolute atomic E-state index is 0.0343. The molecule has 0 amide bonds. The maximum atomic E-state index is 5.69. The smallest absolute Gasteiger partial charge is 0.0750 e. The Morgan fingerprint density at radius 1 is 1.40 bits per heavy atom. The first-order valence-corrected chi connectivity index (χ1v) is 6.25. The Morgan fingerprint density at radius 2 is 2.07 bits per heavy atom. The van der Waals surface area contributed by atoms with Crippen LogP contribution in [0.1, 0.15) is 53.9 Å². The van der Waals surface area contributed by atoms with Crippen molar-refractivity contribution in [3.05, 3.63) is 0 Å². The van der Waals surface area contributed by atoms with Crippen molar-refractivity contribution in [3.63, 3.8) is 0 Å². The summed E-state index contributed by atoms with van der Waals surface area (Å²) in [5.41, 5.74) is 0.426. The second-order valence-corrected chi connectivity index (χ2v) is 6.01. The van der Waals surface area contributed by atoms with E-state index in [-0.39, 0.29) is 5.60 Å². The monoisotopic (exact) mass is 213 g/mol. The fourth-order valence-electron chi connectivity index (χ4n) is 2.52. The maximum absolute atomic E-state index is 5.69. The second-order valence-electron chi connectivity index (χ2n) is 6.01. The first kappa shape index (κ1) is 13.0. The van der Waals surface area contributed by atoms with Gasteiger partial charge in [0, 0.05) is 19.2 Å². The van der Waals surface area contributed by atoms with Gasteiger partial charge in [-0.1, -0.05) is 20.3 Å². The Hall–Kier alpha value is -0.0800. The molecule has 1 aliphatic carbocycles. The third-order valence-electron chi connectivity index (χ3n) is 3.57. The van der Waals surface area contributed by atoms with Gasteiger partial charge in [-0.15, -0.1) is 0 Å². The van der Waals surface area contributed by atoms with Crippen molar-refractivity contribution >= 4 is 0 Å². The largest absolute Gasteiger partial charge is 0.375 e. The van der Waals surface area contributed by atoms with Crippen molar-refractivity contribution in [2.24, 2.45) is 5.41 Å². The molecule has 0 aliphatic heterocycles. The number of rotatable bonds is 5. The van der Waals surface area contributed by atoms with Crippen LogP contribution in [0.25, 0.3) is 0 Å². The summed E-state index contributed by atoms with van der Waals surface area (Å²) in [5, 5.41) is 3.67. The van der Waals surface area contributed by atoms with Crippen LogP contribution in [-0.2, 0) is 4.74 Å². The van der Waals surface area contributed by atoms with Crippen molar-refractivity contribution in [2.75, 3.05) is 13.2 Å². The van der Waals surface area contributed by atoms with E-state index in [0.717, 1.165) is 13.2 Å². The van der Waals surface area contributed by atoms with Crippen molar-refractivity contribution in [2.45, 2.75) is 65.5 Å². The standard InChI is InChI=1S/C13H27NO/c1-6-15-13(4,5)10-14-11-8-7-9-12(11,2)3/h11,14H,6-10H2,1-5H3. The molecule has 15 heavy (non-hydrogen) atoms. The quantitative estimate of drug-likeness (QED) is 0.758. The van der Waals surface area contributed by atoms with Gasteiger partial charge < -0.3 is 10.1 Å². The Morgan fingerprint density at radius 3 is 2.53 bits per heavy atom. The lowest BCUT2D eigenvalue weighted by molar-refractivity contribution is -0.0125. The molecular weight excluding hydrogens is 186 g/mol. The Balaban J connectivity index is 2.36. The Bertz CT molecular complexity index is 199. The lowest BCUT2D eigenvalue weighted by Gasteiger charge is -2.32. The van der Waals surface area contributed by atoms with E-state index in [9.17, 15) is 0 Å². The van der Waals surface area contributed by atoms with E-state index in [1.807, 2.05) is 0 Å². The van der Waals surface area contributed by atoms with E-state index >= 15 is 0 Å². The Kier molecular flexibility index (Phi) is 4.19. The van der Waals surface area contributed by atoms with E-state index in [1.165, 1.54) is 19.3 Å². The van der Waals surface area contributed by atoms with Gasteiger partial charge in [-0.3, -0.25) is 0 Å². The lowest BCUT2D eigenvalue weighted by Crippen LogP contribution is -2.46. The summed E-state index contributed by atoms with van der Waals surface area (Å²) in [6.45, 7) is 12.9. The summed E-state index contributed by atoms with van der Waals surface area (Å²) in [6, 6.07) is 0.664. The number of hydrogen-bond acceptors (Lipinski definition) is 2. The molecule has 1 N–H and O–H groups in total. The first-order valence-electron chi connectivity index (χ1n) is 6.25. The molecule has 0 radical (unpaired) electrons. The van der Waals surface area contributed by atoms with Gasteiger partial charge in [0.05, 0.1) is 5.60 Å². The molecular formula is C13H27NO. The number of hydrogen-bond donors (Lipinski definition) is 1.